The van der Waals surface area contributed by atoms with Crippen LogP contribution in [0.4, 0.5) is 0 Å². The Morgan fingerprint density at radius 2 is 2.12 bits per heavy atom. The van der Waals surface area contributed by atoms with Crippen molar-refractivity contribution in [1.82, 2.24) is 10.6 Å². The third-order valence-electron chi connectivity index (χ3n) is 3.52. The normalized spacial score (nSPS) is 19.5. The molecule has 1 heterocycles. The predicted molar refractivity (Wildman–Crippen MR) is 86.6 cm³/mol. The number of hydrogen-bond donors (Lipinski definition) is 2. The molecule has 25 heavy (non-hydrogen) atoms. The Balaban J connectivity index is 0.00000312. The van der Waals surface area contributed by atoms with Gasteiger partial charge in [-0.05, 0) is 19.4 Å². The van der Waals surface area contributed by atoms with Crippen LogP contribution in [0.15, 0.2) is 30.3 Å². The third kappa shape index (κ3) is 7.58. The van der Waals surface area contributed by atoms with Crippen molar-refractivity contribution in [1.29, 1.82) is 0 Å². The Hall–Kier alpha value is -1.38. The Labute approximate surface area is 159 Å². The van der Waals surface area contributed by atoms with Crippen LogP contribution >= 0.6 is 0 Å². The van der Waals surface area contributed by atoms with E-state index in [2.05, 4.69) is 10.6 Å². The van der Waals surface area contributed by atoms with Gasteiger partial charge in [-0.2, -0.15) is 6.41 Å². The number of carbonyl (C=O) groups excluding carboxylic acids is 2. The van der Waals surface area contributed by atoms with Crippen LogP contribution in [-0.2, 0) is 49.0 Å². The minimum Gasteiger partial charge on any atom is -0.520 e. The topological polar surface area (TPSA) is 85.9 Å². The fourth-order valence-electron chi connectivity index (χ4n) is 2.32. The van der Waals surface area contributed by atoms with E-state index in [1.54, 1.807) is 6.41 Å². The van der Waals surface area contributed by atoms with Crippen molar-refractivity contribution in [2.24, 2.45) is 0 Å². The third-order valence-corrected chi connectivity index (χ3v) is 3.52. The van der Waals surface area contributed by atoms with E-state index < -0.39 is 11.8 Å². The van der Waals surface area contributed by atoms with Crippen molar-refractivity contribution in [2.45, 2.75) is 38.4 Å². The first-order valence-corrected chi connectivity index (χ1v) is 7.84. The average Bonchev–Trinajstić information content (AvgIpc) is 2.92. The predicted octanol–water partition coefficient (Wildman–Crippen LogP) is 0.494. The number of carbonyl (C=O) groups is 1. The van der Waals surface area contributed by atoms with Crippen molar-refractivity contribution in [3.05, 3.63) is 35.9 Å². The number of hydrogen-bond acceptors (Lipinski definition) is 5. The van der Waals surface area contributed by atoms with Crippen LogP contribution in [0, 0.1) is 0 Å². The van der Waals surface area contributed by atoms with Gasteiger partial charge in [0.05, 0.1) is 19.8 Å². The first-order valence-electron chi connectivity index (χ1n) is 7.84. The van der Waals surface area contributed by atoms with Gasteiger partial charge in [-0.1, -0.05) is 30.3 Å². The molecular formula is C17H23N2O5V-. The molecule has 0 aliphatic carbocycles. The van der Waals surface area contributed by atoms with Gasteiger partial charge in [-0.25, -0.2) is 0 Å². The summed E-state index contributed by atoms with van der Waals surface area (Å²) in [6.07, 6.45) is 1.33. The van der Waals surface area contributed by atoms with E-state index in [0.717, 1.165) is 5.56 Å². The standard InChI is InChI=1S/C17H23N2O5.V/c1-17(2)23-10-14(24-17)8-18-16(21)15(19-12-20)11-22-9-13-6-4-3-5-7-13;/h3-7,14-15H,8-11H2,1-2H3,(H,18,21)(H,19,20);/q-1;. The molecule has 0 spiro atoms. The Bertz CT molecular complexity index is 541. The van der Waals surface area contributed by atoms with Crippen molar-refractivity contribution >= 4 is 12.3 Å². The Morgan fingerprint density at radius 3 is 2.72 bits per heavy atom. The molecule has 1 aliphatic heterocycles. The molecule has 0 aromatic heterocycles. The summed E-state index contributed by atoms with van der Waals surface area (Å²) in [6.45, 7) is 4.77. The van der Waals surface area contributed by atoms with E-state index in [-0.39, 0.29) is 37.2 Å². The number of rotatable bonds is 9. The molecule has 7 nitrogen and oxygen atoms in total. The smallest absolute Gasteiger partial charge is 0.242 e. The molecule has 1 saturated heterocycles. The first kappa shape index (κ1) is 21.7. The summed E-state index contributed by atoms with van der Waals surface area (Å²) in [4.78, 5) is 22.7. The van der Waals surface area contributed by atoms with Gasteiger partial charge in [0.1, 0.15) is 12.1 Å². The fourth-order valence-corrected chi connectivity index (χ4v) is 2.32. The summed E-state index contributed by atoms with van der Waals surface area (Å²) in [7, 11) is 0. The molecule has 2 N–H and O–H groups in total. The summed E-state index contributed by atoms with van der Waals surface area (Å²) >= 11 is 0. The van der Waals surface area contributed by atoms with Crippen molar-refractivity contribution < 1.29 is 42.4 Å². The molecule has 1 aromatic rings. The van der Waals surface area contributed by atoms with Crippen molar-refractivity contribution in [2.75, 3.05) is 19.8 Å². The SMILES string of the molecule is CC1(C)OCC(CNC(=O)C(COCc2ccccc2)N[C-]=O)O1.[V]. The van der Waals surface area contributed by atoms with Crippen LogP contribution in [0.2, 0.25) is 0 Å². The molecule has 1 radical (unpaired) electrons. The van der Waals surface area contributed by atoms with E-state index in [9.17, 15) is 9.59 Å². The summed E-state index contributed by atoms with van der Waals surface area (Å²) in [6, 6.07) is 8.78. The van der Waals surface area contributed by atoms with Gasteiger partial charge < -0.3 is 29.6 Å². The van der Waals surface area contributed by atoms with Gasteiger partial charge in [-0.3, -0.25) is 4.79 Å². The van der Waals surface area contributed by atoms with E-state index in [1.807, 2.05) is 44.2 Å². The number of ether oxygens (including phenoxy) is 3. The second-order valence-electron chi connectivity index (χ2n) is 6.00. The maximum Gasteiger partial charge on any atom is 0.242 e. The molecule has 1 aromatic carbocycles. The van der Waals surface area contributed by atoms with Crippen LogP contribution in [0.5, 0.6) is 0 Å². The zero-order valence-electron chi connectivity index (χ0n) is 14.4. The molecular weight excluding hydrogens is 363 g/mol. The van der Waals surface area contributed by atoms with Crippen LogP contribution in [0.3, 0.4) is 0 Å². The molecule has 2 amide bonds. The molecule has 2 unspecified atom stereocenters. The largest absolute Gasteiger partial charge is 0.520 e. The van der Waals surface area contributed by atoms with Crippen molar-refractivity contribution in [3.8, 4) is 0 Å². The quantitative estimate of drug-likeness (QED) is 0.477. The minimum absolute atomic E-state index is 0. The summed E-state index contributed by atoms with van der Waals surface area (Å²) < 4.78 is 16.5. The first-order chi connectivity index (χ1) is 11.5. The fraction of sp³-hybridized carbons (Fsp3) is 0.529. The molecule has 1 aliphatic rings. The average molecular weight is 386 g/mol. The van der Waals surface area contributed by atoms with E-state index >= 15 is 0 Å². The Kier molecular flexibility index (Phi) is 9.17. The number of nitrogens with one attached hydrogen (secondary N) is 2. The Morgan fingerprint density at radius 1 is 1.40 bits per heavy atom. The number of amides is 2. The van der Waals surface area contributed by atoms with Crippen LogP contribution < -0.4 is 10.6 Å². The molecule has 2 rings (SSSR count). The number of benzene rings is 1. The maximum absolute atomic E-state index is 12.2. The molecule has 0 saturated carbocycles. The molecule has 0 bridgehead atoms. The summed E-state index contributed by atoms with van der Waals surface area (Å²) in [5.41, 5.74) is 0.991. The second-order valence-corrected chi connectivity index (χ2v) is 6.00. The monoisotopic (exact) mass is 386 g/mol. The van der Waals surface area contributed by atoms with Crippen LogP contribution in [0.25, 0.3) is 0 Å². The zero-order chi connectivity index (χ0) is 17.4. The van der Waals surface area contributed by atoms with Gasteiger partial charge in [-0.15, -0.1) is 0 Å². The maximum atomic E-state index is 12.2. The minimum atomic E-state index is -0.804. The van der Waals surface area contributed by atoms with Gasteiger partial charge >= 0.3 is 0 Å². The van der Waals surface area contributed by atoms with Crippen LogP contribution in [0.1, 0.15) is 19.4 Å². The molecule has 1 fully saturated rings. The van der Waals surface area contributed by atoms with E-state index in [1.165, 1.54) is 0 Å². The van der Waals surface area contributed by atoms with Gasteiger partial charge in [0, 0.05) is 25.1 Å². The summed E-state index contributed by atoms with van der Waals surface area (Å²) in [5, 5.41) is 5.08. The van der Waals surface area contributed by atoms with Gasteiger partial charge in [0.25, 0.3) is 0 Å². The summed E-state index contributed by atoms with van der Waals surface area (Å²) in [5.74, 6) is -0.984. The zero-order valence-corrected chi connectivity index (χ0v) is 15.8. The van der Waals surface area contributed by atoms with Gasteiger partial charge in [0.2, 0.25) is 5.91 Å². The molecule has 2 atom stereocenters. The molecule has 137 valence electrons. The van der Waals surface area contributed by atoms with Crippen molar-refractivity contribution in [3.63, 3.8) is 0 Å². The van der Waals surface area contributed by atoms with E-state index in [4.69, 9.17) is 14.2 Å². The van der Waals surface area contributed by atoms with Gasteiger partial charge in [0.15, 0.2) is 5.79 Å². The second kappa shape index (κ2) is 10.6. The molecule has 8 heteroatoms. The van der Waals surface area contributed by atoms with Crippen LogP contribution in [-0.4, -0.2) is 50.0 Å². The van der Waals surface area contributed by atoms with E-state index in [0.29, 0.717) is 19.8 Å².